The highest BCUT2D eigenvalue weighted by molar-refractivity contribution is 5.71. The van der Waals surface area contributed by atoms with E-state index in [0.29, 0.717) is 43.6 Å². The molecule has 0 unspecified atom stereocenters. The zero-order valence-electron chi connectivity index (χ0n) is 12.9. The summed E-state index contributed by atoms with van der Waals surface area (Å²) in [7, 11) is 0. The number of nitro groups is 1. The molecule has 1 aromatic heterocycles. The van der Waals surface area contributed by atoms with E-state index in [2.05, 4.69) is 9.97 Å². The average molecular weight is 281 g/mol. The van der Waals surface area contributed by atoms with E-state index >= 15 is 0 Å². The predicted octanol–water partition coefficient (Wildman–Crippen LogP) is 2.39. The van der Waals surface area contributed by atoms with Gasteiger partial charge in [0.05, 0.1) is 4.92 Å². The van der Waals surface area contributed by atoms with Gasteiger partial charge in [0.2, 0.25) is 11.6 Å². The number of rotatable bonds is 7. The fraction of sp³-hybridized carbons (Fsp3) is 0.692. The highest BCUT2D eigenvalue weighted by Crippen LogP contribution is 2.34. The molecule has 1 heterocycles. The molecule has 7 nitrogen and oxygen atoms in total. The quantitative estimate of drug-likeness (QED) is 0.564. The highest BCUT2D eigenvalue weighted by atomic mass is 16.6. The molecule has 0 amide bonds. The van der Waals surface area contributed by atoms with Gasteiger partial charge in [-0.15, -0.1) is 0 Å². The van der Waals surface area contributed by atoms with Crippen LogP contribution in [0.1, 0.15) is 33.5 Å². The summed E-state index contributed by atoms with van der Waals surface area (Å²) in [5.41, 5.74) is 0.00278. The number of anilines is 2. The van der Waals surface area contributed by atoms with Crippen LogP contribution in [0.2, 0.25) is 0 Å². The fourth-order valence-corrected chi connectivity index (χ4v) is 2.19. The summed E-state index contributed by atoms with van der Waals surface area (Å²) < 4.78 is 0. The summed E-state index contributed by atoms with van der Waals surface area (Å²) in [6.07, 6.45) is 0. The Hall–Kier alpha value is -1.92. The van der Waals surface area contributed by atoms with Crippen LogP contribution in [-0.2, 0) is 0 Å². The second-order valence-corrected chi connectivity index (χ2v) is 4.37. The first-order valence-corrected chi connectivity index (χ1v) is 7.02. The molecule has 1 rings (SSSR count). The van der Waals surface area contributed by atoms with Gasteiger partial charge in [-0.05, 0) is 34.6 Å². The van der Waals surface area contributed by atoms with Crippen molar-refractivity contribution in [1.29, 1.82) is 0 Å². The lowest BCUT2D eigenvalue weighted by atomic mass is 10.3. The molecule has 0 saturated heterocycles. The molecule has 7 heteroatoms. The Morgan fingerprint density at radius 1 is 0.950 bits per heavy atom. The molecule has 1 aromatic rings. The summed E-state index contributed by atoms with van der Waals surface area (Å²) in [5.74, 6) is 1.38. The summed E-state index contributed by atoms with van der Waals surface area (Å²) in [6.45, 7) is 12.3. The molecule has 112 valence electrons. The van der Waals surface area contributed by atoms with Gasteiger partial charge in [0.15, 0.2) is 0 Å². The molecule has 0 spiro atoms. The maximum absolute atomic E-state index is 11.5. The maximum atomic E-state index is 11.5. The average Bonchev–Trinajstić information content (AvgIpc) is 2.40. The van der Waals surface area contributed by atoms with E-state index in [1.54, 1.807) is 6.92 Å². The molecular weight excluding hydrogens is 258 g/mol. The van der Waals surface area contributed by atoms with Crippen LogP contribution in [-0.4, -0.2) is 41.1 Å². The monoisotopic (exact) mass is 281 g/mol. The van der Waals surface area contributed by atoms with E-state index in [-0.39, 0.29) is 10.6 Å². The van der Waals surface area contributed by atoms with Crippen LogP contribution in [0.4, 0.5) is 17.3 Å². The topological polar surface area (TPSA) is 75.4 Å². The van der Waals surface area contributed by atoms with E-state index in [9.17, 15) is 10.1 Å². The number of hydrogen-bond donors (Lipinski definition) is 0. The number of aromatic nitrogens is 2. The fourth-order valence-electron chi connectivity index (χ4n) is 2.19. The first-order chi connectivity index (χ1) is 9.49. The Bertz CT molecular complexity index is 437. The molecule has 0 aliphatic heterocycles. The molecule has 0 radical (unpaired) electrons. The van der Waals surface area contributed by atoms with Gasteiger partial charge in [0, 0.05) is 26.2 Å². The lowest BCUT2D eigenvalue weighted by molar-refractivity contribution is -0.383. The van der Waals surface area contributed by atoms with Crippen molar-refractivity contribution in [3.05, 3.63) is 15.9 Å². The third-order valence-corrected chi connectivity index (χ3v) is 3.27. The third kappa shape index (κ3) is 3.15. The smallest absolute Gasteiger partial charge is 0.351 e. The number of hydrogen-bond acceptors (Lipinski definition) is 6. The van der Waals surface area contributed by atoms with Crippen LogP contribution in [0.3, 0.4) is 0 Å². The van der Waals surface area contributed by atoms with Crippen LogP contribution < -0.4 is 9.80 Å². The Morgan fingerprint density at radius 3 is 1.55 bits per heavy atom. The Balaban J connectivity index is 3.55. The van der Waals surface area contributed by atoms with Gasteiger partial charge < -0.3 is 9.80 Å². The van der Waals surface area contributed by atoms with E-state index < -0.39 is 0 Å². The van der Waals surface area contributed by atoms with Gasteiger partial charge in [0.1, 0.15) is 5.82 Å². The second-order valence-electron chi connectivity index (χ2n) is 4.37. The SMILES string of the molecule is CCN(CC)c1nc(C)nc(N(CC)CC)c1[N+](=O)[O-]. The van der Waals surface area contributed by atoms with Gasteiger partial charge in [-0.3, -0.25) is 10.1 Å². The molecule has 0 aromatic carbocycles. The molecule has 20 heavy (non-hydrogen) atoms. The van der Waals surface area contributed by atoms with Crippen molar-refractivity contribution in [1.82, 2.24) is 9.97 Å². The summed E-state index contributed by atoms with van der Waals surface area (Å²) in [4.78, 5) is 23.5. The van der Waals surface area contributed by atoms with Gasteiger partial charge >= 0.3 is 5.69 Å². The largest absolute Gasteiger partial charge is 0.353 e. The summed E-state index contributed by atoms with van der Waals surface area (Å²) >= 11 is 0. The molecule has 0 fully saturated rings. The normalized spacial score (nSPS) is 10.4. The van der Waals surface area contributed by atoms with Crippen molar-refractivity contribution in [3.63, 3.8) is 0 Å². The van der Waals surface area contributed by atoms with Gasteiger partial charge in [-0.2, -0.15) is 0 Å². The Labute approximate surface area is 119 Å². The zero-order chi connectivity index (χ0) is 15.3. The first kappa shape index (κ1) is 16.1. The van der Waals surface area contributed by atoms with E-state index in [0.717, 1.165) is 0 Å². The van der Waals surface area contributed by atoms with Gasteiger partial charge in [-0.1, -0.05) is 0 Å². The molecule has 0 aliphatic carbocycles. The molecule has 0 saturated carbocycles. The zero-order valence-corrected chi connectivity index (χ0v) is 12.9. The maximum Gasteiger partial charge on any atom is 0.353 e. The lowest BCUT2D eigenvalue weighted by Crippen LogP contribution is -2.28. The minimum atomic E-state index is -0.374. The van der Waals surface area contributed by atoms with Crippen molar-refractivity contribution in [2.45, 2.75) is 34.6 Å². The standard InChI is InChI=1S/C13H23N5O2/c1-6-16(7-2)12-11(18(19)20)13(15-10(5)14-12)17(8-3)9-4/h6-9H2,1-5H3. The first-order valence-electron chi connectivity index (χ1n) is 7.02. The van der Waals surface area contributed by atoms with Crippen LogP contribution >= 0.6 is 0 Å². The molecule has 0 N–H and O–H groups in total. The molecule has 0 aliphatic rings. The van der Waals surface area contributed by atoms with Crippen LogP contribution in [0.15, 0.2) is 0 Å². The van der Waals surface area contributed by atoms with Crippen molar-refractivity contribution >= 4 is 17.3 Å². The van der Waals surface area contributed by atoms with Crippen LogP contribution in [0, 0.1) is 17.0 Å². The van der Waals surface area contributed by atoms with E-state index in [1.165, 1.54) is 0 Å². The van der Waals surface area contributed by atoms with Crippen molar-refractivity contribution in [3.8, 4) is 0 Å². The predicted molar refractivity (Wildman–Crippen MR) is 80.5 cm³/mol. The van der Waals surface area contributed by atoms with Gasteiger partial charge in [-0.25, -0.2) is 9.97 Å². The van der Waals surface area contributed by atoms with E-state index in [4.69, 9.17) is 0 Å². The summed E-state index contributed by atoms with van der Waals surface area (Å²) in [6, 6.07) is 0. The third-order valence-electron chi connectivity index (χ3n) is 3.27. The minimum Gasteiger partial charge on any atom is -0.351 e. The van der Waals surface area contributed by atoms with Crippen molar-refractivity contribution in [2.24, 2.45) is 0 Å². The number of nitrogens with zero attached hydrogens (tertiary/aromatic N) is 5. The summed E-state index contributed by atoms with van der Waals surface area (Å²) in [5, 5.41) is 11.5. The second kappa shape index (κ2) is 7.02. The van der Waals surface area contributed by atoms with E-state index in [1.807, 2.05) is 37.5 Å². The van der Waals surface area contributed by atoms with Crippen LogP contribution in [0.25, 0.3) is 0 Å². The Kier molecular flexibility index (Phi) is 5.66. The number of aryl methyl sites for hydroxylation is 1. The van der Waals surface area contributed by atoms with Crippen LogP contribution in [0.5, 0.6) is 0 Å². The molecular formula is C13H23N5O2. The highest BCUT2D eigenvalue weighted by Gasteiger charge is 2.29. The lowest BCUT2D eigenvalue weighted by Gasteiger charge is -2.24. The van der Waals surface area contributed by atoms with Crippen molar-refractivity contribution < 1.29 is 4.92 Å². The van der Waals surface area contributed by atoms with Crippen molar-refractivity contribution in [2.75, 3.05) is 36.0 Å². The van der Waals surface area contributed by atoms with Gasteiger partial charge in [0.25, 0.3) is 0 Å². The minimum absolute atomic E-state index is 0.00278. The molecule has 0 bridgehead atoms. The Morgan fingerprint density at radius 2 is 1.30 bits per heavy atom. The molecule has 0 atom stereocenters.